The Bertz CT molecular complexity index is 833. The Labute approximate surface area is 158 Å². The van der Waals surface area contributed by atoms with E-state index in [1.165, 1.54) is 16.0 Å². The van der Waals surface area contributed by atoms with Crippen LogP contribution < -0.4 is 0 Å². The fraction of sp³-hybridized carbons (Fsp3) is 0.364. The third-order valence-corrected chi connectivity index (χ3v) is 5.72. The quantitative estimate of drug-likeness (QED) is 0.888. The van der Waals surface area contributed by atoms with Crippen molar-refractivity contribution >= 4 is 12.1 Å². The van der Waals surface area contributed by atoms with Crippen LogP contribution in [0.2, 0.25) is 0 Å². The lowest BCUT2D eigenvalue weighted by Crippen LogP contribution is -2.50. The summed E-state index contributed by atoms with van der Waals surface area (Å²) in [6, 6.07) is 15.5. The highest BCUT2D eigenvalue weighted by Crippen LogP contribution is 2.44. The molecule has 5 heteroatoms. The summed E-state index contributed by atoms with van der Waals surface area (Å²) in [6.45, 7) is 2.66. The highest BCUT2D eigenvalue weighted by atomic mass is 16.6. The number of carbonyl (C=O) groups is 2. The van der Waals surface area contributed by atoms with E-state index < -0.39 is 18.1 Å². The van der Waals surface area contributed by atoms with Crippen molar-refractivity contribution in [1.29, 1.82) is 0 Å². The average molecular weight is 365 g/mol. The molecule has 1 fully saturated rings. The number of carboxylic acid groups (broad SMARTS) is 1. The normalized spacial score (nSPS) is 21.4. The van der Waals surface area contributed by atoms with Crippen LogP contribution in [-0.4, -0.2) is 41.3 Å². The molecule has 0 bridgehead atoms. The second kappa shape index (κ2) is 7.06. The van der Waals surface area contributed by atoms with Gasteiger partial charge in [0, 0.05) is 12.5 Å². The Morgan fingerprint density at radius 3 is 2.26 bits per heavy atom. The van der Waals surface area contributed by atoms with Crippen molar-refractivity contribution in [3.8, 4) is 11.1 Å². The van der Waals surface area contributed by atoms with Crippen molar-refractivity contribution in [2.24, 2.45) is 5.92 Å². The lowest BCUT2D eigenvalue weighted by Gasteiger charge is -2.35. The zero-order chi connectivity index (χ0) is 19.0. The molecule has 0 saturated carbocycles. The van der Waals surface area contributed by atoms with Crippen LogP contribution in [0.3, 0.4) is 0 Å². The first-order chi connectivity index (χ1) is 13.1. The molecule has 2 aromatic carbocycles. The summed E-state index contributed by atoms with van der Waals surface area (Å²) < 4.78 is 5.62. The van der Waals surface area contributed by atoms with Crippen LogP contribution in [0.5, 0.6) is 0 Å². The number of hydrogen-bond acceptors (Lipinski definition) is 3. The first kappa shape index (κ1) is 17.6. The Hall–Kier alpha value is -2.82. The summed E-state index contributed by atoms with van der Waals surface area (Å²) in [5.41, 5.74) is 4.64. The topological polar surface area (TPSA) is 66.8 Å². The second-order valence-corrected chi connectivity index (χ2v) is 7.48. The van der Waals surface area contributed by atoms with Crippen LogP contribution in [0, 0.1) is 5.92 Å². The number of likely N-dealkylation sites (tertiary alicyclic amines) is 1. The molecular weight excluding hydrogens is 342 g/mol. The molecule has 1 N–H and O–H groups in total. The van der Waals surface area contributed by atoms with Gasteiger partial charge < -0.3 is 9.84 Å². The third-order valence-electron chi connectivity index (χ3n) is 5.72. The number of rotatable bonds is 3. The number of nitrogens with zero attached hydrogens (tertiary/aromatic N) is 1. The van der Waals surface area contributed by atoms with Gasteiger partial charge in [0.25, 0.3) is 0 Å². The zero-order valence-electron chi connectivity index (χ0n) is 15.3. The molecule has 2 aromatic rings. The van der Waals surface area contributed by atoms with Crippen LogP contribution in [0.25, 0.3) is 11.1 Å². The van der Waals surface area contributed by atoms with Crippen molar-refractivity contribution in [3.63, 3.8) is 0 Å². The number of piperidine rings is 1. The van der Waals surface area contributed by atoms with Gasteiger partial charge in [-0.05, 0) is 41.0 Å². The fourth-order valence-electron chi connectivity index (χ4n) is 4.27. The van der Waals surface area contributed by atoms with E-state index in [1.807, 2.05) is 31.2 Å². The fourth-order valence-corrected chi connectivity index (χ4v) is 4.27. The maximum Gasteiger partial charge on any atom is 0.410 e. The second-order valence-electron chi connectivity index (χ2n) is 7.48. The molecule has 0 unspecified atom stereocenters. The molecular formula is C22H23NO4. The number of aliphatic carboxylic acids is 1. The highest BCUT2D eigenvalue weighted by molar-refractivity contribution is 5.81. The first-order valence-electron chi connectivity index (χ1n) is 9.40. The maximum absolute atomic E-state index is 12.6. The van der Waals surface area contributed by atoms with E-state index in [9.17, 15) is 14.7 Å². The van der Waals surface area contributed by atoms with Gasteiger partial charge in [0.15, 0.2) is 0 Å². The molecule has 2 aliphatic rings. The van der Waals surface area contributed by atoms with Crippen LogP contribution in [-0.2, 0) is 9.53 Å². The number of amides is 1. The van der Waals surface area contributed by atoms with Gasteiger partial charge in [-0.3, -0.25) is 4.90 Å². The molecule has 140 valence electrons. The Kier molecular flexibility index (Phi) is 4.60. The van der Waals surface area contributed by atoms with Crippen molar-refractivity contribution in [2.45, 2.75) is 31.7 Å². The van der Waals surface area contributed by atoms with Gasteiger partial charge in [0.1, 0.15) is 12.6 Å². The van der Waals surface area contributed by atoms with Crippen LogP contribution in [0.4, 0.5) is 4.79 Å². The van der Waals surface area contributed by atoms with Crippen LogP contribution >= 0.6 is 0 Å². The smallest absolute Gasteiger partial charge is 0.410 e. The van der Waals surface area contributed by atoms with Crippen molar-refractivity contribution in [3.05, 3.63) is 59.7 Å². The molecule has 5 nitrogen and oxygen atoms in total. The van der Waals surface area contributed by atoms with Crippen LogP contribution in [0.1, 0.15) is 36.8 Å². The van der Waals surface area contributed by atoms with E-state index in [4.69, 9.17) is 4.74 Å². The summed E-state index contributed by atoms with van der Waals surface area (Å²) in [4.78, 5) is 25.6. The number of carbonyl (C=O) groups excluding carboxylic acids is 1. The molecule has 1 amide bonds. The predicted octanol–water partition coefficient (Wildman–Crippen LogP) is 4.12. The summed E-state index contributed by atoms with van der Waals surface area (Å²) in [5.74, 6) is -0.688. The molecule has 1 saturated heterocycles. The zero-order valence-corrected chi connectivity index (χ0v) is 15.3. The molecule has 0 radical (unpaired) electrons. The number of carboxylic acids is 1. The lowest BCUT2D eigenvalue weighted by atomic mass is 9.93. The van der Waals surface area contributed by atoms with E-state index in [2.05, 4.69) is 24.3 Å². The van der Waals surface area contributed by atoms with Gasteiger partial charge in [-0.15, -0.1) is 0 Å². The van der Waals surface area contributed by atoms with Crippen molar-refractivity contribution in [2.75, 3.05) is 13.2 Å². The summed E-state index contributed by atoms with van der Waals surface area (Å²) in [7, 11) is 0. The Morgan fingerprint density at radius 1 is 1.07 bits per heavy atom. The minimum absolute atomic E-state index is 0.0201. The number of benzene rings is 2. The molecule has 4 rings (SSSR count). The maximum atomic E-state index is 12.6. The van der Waals surface area contributed by atoms with Gasteiger partial charge in [0.2, 0.25) is 0 Å². The van der Waals surface area contributed by atoms with Crippen molar-refractivity contribution < 1.29 is 19.4 Å². The molecule has 27 heavy (non-hydrogen) atoms. The van der Waals surface area contributed by atoms with E-state index in [-0.39, 0.29) is 12.5 Å². The molecule has 0 spiro atoms. The Morgan fingerprint density at radius 2 is 1.67 bits per heavy atom. The first-order valence-corrected chi connectivity index (χ1v) is 9.40. The molecule has 0 aromatic heterocycles. The van der Waals surface area contributed by atoms with Gasteiger partial charge in [-0.1, -0.05) is 55.5 Å². The van der Waals surface area contributed by atoms with Gasteiger partial charge >= 0.3 is 12.1 Å². The lowest BCUT2D eigenvalue weighted by molar-refractivity contribution is -0.144. The molecule has 1 aliphatic carbocycles. The monoisotopic (exact) mass is 365 g/mol. The summed E-state index contributed by atoms with van der Waals surface area (Å²) >= 11 is 0. The van der Waals surface area contributed by atoms with Gasteiger partial charge in [0.05, 0.1) is 0 Å². The molecule has 1 heterocycles. The third kappa shape index (κ3) is 3.18. The minimum Gasteiger partial charge on any atom is -0.480 e. The predicted molar refractivity (Wildman–Crippen MR) is 102 cm³/mol. The summed E-state index contributed by atoms with van der Waals surface area (Å²) in [5, 5.41) is 9.47. The summed E-state index contributed by atoms with van der Waals surface area (Å²) in [6.07, 6.45) is 0.740. The van der Waals surface area contributed by atoms with Gasteiger partial charge in [-0.25, -0.2) is 9.59 Å². The molecule has 1 aliphatic heterocycles. The number of ether oxygens (including phenoxy) is 1. The SMILES string of the molecule is C[C@@H]1CCN(C(=O)OCC2c3ccccc3-c3ccccc32)[C@H](C(=O)O)C1. The molecule has 2 atom stereocenters. The largest absolute Gasteiger partial charge is 0.480 e. The number of fused-ring (bicyclic) bond motifs is 3. The average Bonchev–Trinajstić information content (AvgIpc) is 3.00. The minimum atomic E-state index is -0.963. The van der Waals surface area contributed by atoms with E-state index in [1.54, 1.807) is 0 Å². The van der Waals surface area contributed by atoms with Crippen molar-refractivity contribution in [1.82, 2.24) is 4.90 Å². The number of hydrogen-bond donors (Lipinski definition) is 1. The highest BCUT2D eigenvalue weighted by Gasteiger charge is 2.36. The van der Waals surface area contributed by atoms with E-state index >= 15 is 0 Å². The van der Waals surface area contributed by atoms with Crippen LogP contribution in [0.15, 0.2) is 48.5 Å². The van der Waals surface area contributed by atoms with E-state index in [0.29, 0.717) is 18.9 Å². The van der Waals surface area contributed by atoms with Gasteiger partial charge in [-0.2, -0.15) is 0 Å². The van der Waals surface area contributed by atoms with E-state index in [0.717, 1.165) is 17.5 Å². The Balaban J connectivity index is 1.52. The standard InChI is InChI=1S/C22H23NO4/c1-14-10-11-23(20(12-14)21(24)25)22(26)27-13-19-17-8-4-2-6-15(17)16-7-3-5-9-18(16)19/h2-9,14,19-20H,10-13H2,1H3,(H,24,25)/t14-,20+/m1/s1.